The molecule has 0 aromatic heterocycles. The zero-order valence-corrected chi connectivity index (χ0v) is 16.5. The van der Waals surface area contributed by atoms with E-state index in [4.69, 9.17) is 4.74 Å². The average Bonchev–Trinajstić information content (AvgIpc) is 2.68. The van der Waals surface area contributed by atoms with E-state index < -0.39 is 12.0 Å². The lowest BCUT2D eigenvalue weighted by Crippen LogP contribution is -2.43. The van der Waals surface area contributed by atoms with Crippen LogP contribution in [-0.4, -0.2) is 35.3 Å². The molecule has 0 bridgehead atoms. The molecule has 0 unspecified atom stereocenters. The minimum Gasteiger partial charge on any atom is -0.456 e. The Morgan fingerprint density at radius 1 is 1.18 bits per heavy atom. The Kier molecular flexibility index (Phi) is 6.49. The van der Waals surface area contributed by atoms with Crippen LogP contribution in [0.1, 0.15) is 63.1 Å². The first kappa shape index (κ1) is 20.1. The van der Waals surface area contributed by atoms with Crippen molar-refractivity contribution in [1.29, 1.82) is 0 Å². The molecule has 1 aromatic carbocycles. The maximum atomic E-state index is 12.4. The summed E-state index contributed by atoms with van der Waals surface area (Å²) >= 11 is 0. The van der Waals surface area contributed by atoms with Gasteiger partial charge in [0.15, 0.2) is 6.61 Å². The molecule has 0 radical (unpaired) electrons. The van der Waals surface area contributed by atoms with Crippen molar-refractivity contribution in [3.63, 3.8) is 0 Å². The fourth-order valence-corrected chi connectivity index (χ4v) is 4.06. The second-order valence-electron chi connectivity index (χ2n) is 7.69. The van der Waals surface area contributed by atoms with Gasteiger partial charge in [0, 0.05) is 19.2 Å². The number of hydrogen-bond acceptors (Lipinski definition) is 4. The molecule has 1 heterocycles. The Bertz CT molecular complexity index is 774. The molecule has 1 fully saturated rings. The topological polar surface area (TPSA) is 75.7 Å². The van der Waals surface area contributed by atoms with E-state index in [1.165, 1.54) is 18.2 Å². The number of nitrogens with one attached hydrogen (secondary N) is 1. The van der Waals surface area contributed by atoms with Crippen LogP contribution in [0.4, 0.5) is 0 Å². The van der Waals surface area contributed by atoms with Gasteiger partial charge in [-0.2, -0.15) is 0 Å². The number of carbonyl (C=O) groups is 3. The van der Waals surface area contributed by atoms with E-state index in [1.54, 1.807) is 6.20 Å². The van der Waals surface area contributed by atoms with Crippen LogP contribution >= 0.6 is 0 Å². The summed E-state index contributed by atoms with van der Waals surface area (Å²) in [6, 6.07) is 7.38. The lowest BCUT2D eigenvalue weighted by Gasteiger charge is -2.32. The second-order valence-corrected chi connectivity index (χ2v) is 7.69. The number of rotatable bonds is 5. The number of ether oxygens (including phenoxy) is 1. The van der Waals surface area contributed by atoms with Crippen LogP contribution in [0.5, 0.6) is 0 Å². The summed E-state index contributed by atoms with van der Waals surface area (Å²) in [7, 11) is 0. The average molecular weight is 384 g/mol. The van der Waals surface area contributed by atoms with Gasteiger partial charge in [0.1, 0.15) is 0 Å². The smallest absolute Gasteiger partial charge is 0.308 e. The lowest BCUT2D eigenvalue weighted by molar-refractivity contribution is -0.150. The number of carbonyl (C=O) groups excluding carboxylic acids is 3. The predicted octanol–water partition coefficient (Wildman–Crippen LogP) is 3.19. The van der Waals surface area contributed by atoms with Crippen molar-refractivity contribution < 1.29 is 19.1 Å². The first-order chi connectivity index (χ1) is 13.5. The molecule has 3 atom stereocenters. The molecule has 1 aliphatic heterocycles. The zero-order valence-electron chi connectivity index (χ0n) is 16.5. The second kappa shape index (κ2) is 9.04. The number of esters is 1. The molecule has 6 nitrogen and oxygen atoms in total. The first-order valence-electron chi connectivity index (χ1n) is 9.96. The van der Waals surface area contributed by atoms with Crippen LogP contribution in [0, 0.1) is 5.92 Å². The van der Waals surface area contributed by atoms with Gasteiger partial charge in [-0.3, -0.25) is 14.4 Å². The normalized spacial score (nSPS) is 23.6. The van der Waals surface area contributed by atoms with E-state index in [0.29, 0.717) is 5.92 Å². The number of amides is 2. The SMILES string of the molecule is CC(=O)N1C=Cc2ccccc2[C@@H]1CC(=O)OCC(=O)N[C@@H]1CCCC[C@H]1C. The van der Waals surface area contributed by atoms with E-state index in [0.717, 1.165) is 30.4 Å². The van der Waals surface area contributed by atoms with Gasteiger partial charge in [0.2, 0.25) is 5.91 Å². The first-order valence-corrected chi connectivity index (χ1v) is 9.96. The van der Waals surface area contributed by atoms with Crippen molar-refractivity contribution in [3.8, 4) is 0 Å². The largest absolute Gasteiger partial charge is 0.456 e. The Hall–Kier alpha value is -2.63. The summed E-state index contributed by atoms with van der Waals surface area (Å²) in [4.78, 5) is 38.1. The number of hydrogen-bond donors (Lipinski definition) is 1. The summed E-state index contributed by atoms with van der Waals surface area (Å²) in [5.74, 6) is -0.455. The summed E-state index contributed by atoms with van der Waals surface area (Å²) in [5, 5.41) is 2.98. The Morgan fingerprint density at radius 3 is 2.68 bits per heavy atom. The number of benzene rings is 1. The monoisotopic (exact) mass is 384 g/mol. The summed E-state index contributed by atoms with van der Waals surface area (Å²) in [5.41, 5.74) is 1.87. The lowest BCUT2D eigenvalue weighted by atomic mass is 9.86. The van der Waals surface area contributed by atoms with Crippen molar-refractivity contribution in [2.75, 3.05) is 6.61 Å². The molecule has 150 valence electrons. The molecule has 2 amide bonds. The third-order valence-corrected chi connectivity index (χ3v) is 5.65. The van der Waals surface area contributed by atoms with E-state index >= 15 is 0 Å². The molecule has 0 saturated heterocycles. The predicted molar refractivity (Wildman–Crippen MR) is 106 cm³/mol. The van der Waals surface area contributed by atoms with Crippen LogP contribution < -0.4 is 5.32 Å². The van der Waals surface area contributed by atoms with Crippen molar-refractivity contribution >= 4 is 23.9 Å². The highest BCUT2D eigenvalue weighted by molar-refractivity contribution is 5.82. The van der Waals surface area contributed by atoms with Gasteiger partial charge < -0.3 is 15.0 Å². The van der Waals surface area contributed by atoms with Gasteiger partial charge >= 0.3 is 5.97 Å². The van der Waals surface area contributed by atoms with Gasteiger partial charge in [-0.25, -0.2) is 0 Å². The fourth-order valence-electron chi connectivity index (χ4n) is 4.06. The molecule has 28 heavy (non-hydrogen) atoms. The number of fused-ring (bicyclic) bond motifs is 1. The van der Waals surface area contributed by atoms with Crippen LogP contribution in [0.15, 0.2) is 30.5 Å². The third kappa shape index (κ3) is 4.80. The number of nitrogens with zero attached hydrogens (tertiary/aromatic N) is 1. The van der Waals surface area contributed by atoms with Gasteiger partial charge in [0.05, 0.1) is 12.5 Å². The van der Waals surface area contributed by atoms with Crippen LogP contribution in [0.25, 0.3) is 6.08 Å². The third-order valence-electron chi connectivity index (χ3n) is 5.65. The maximum absolute atomic E-state index is 12.4. The molecule has 1 aliphatic carbocycles. The van der Waals surface area contributed by atoms with Crippen LogP contribution in [-0.2, 0) is 19.1 Å². The molecule has 0 spiro atoms. The molecular weight excluding hydrogens is 356 g/mol. The highest BCUT2D eigenvalue weighted by Crippen LogP contribution is 2.33. The standard InChI is InChI=1S/C22H28N2O4/c1-15-7-3-6-10-19(15)23-21(26)14-28-22(27)13-20-18-9-5-4-8-17(18)11-12-24(20)16(2)25/h4-5,8-9,11-12,15,19-20H,3,6-7,10,13-14H2,1-2H3,(H,23,26)/t15-,19-,20+/m1/s1. The van der Waals surface area contributed by atoms with Gasteiger partial charge in [-0.15, -0.1) is 0 Å². The van der Waals surface area contributed by atoms with Crippen molar-refractivity contribution in [1.82, 2.24) is 10.2 Å². The van der Waals surface area contributed by atoms with E-state index in [1.807, 2.05) is 30.3 Å². The Morgan fingerprint density at radius 2 is 1.93 bits per heavy atom. The highest BCUT2D eigenvalue weighted by atomic mass is 16.5. The Balaban J connectivity index is 1.56. The minimum atomic E-state index is -0.492. The molecule has 6 heteroatoms. The van der Waals surface area contributed by atoms with E-state index in [9.17, 15) is 14.4 Å². The van der Waals surface area contributed by atoms with E-state index in [-0.39, 0.29) is 30.9 Å². The van der Waals surface area contributed by atoms with E-state index in [2.05, 4.69) is 12.2 Å². The maximum Gasteiger partial charge on any atom is 0.308 e. The fraction of sp³-hybridized carbons (Fsp3) is 0.500. The van der Waals surface area contributed by atoms with Crippen LogP contribution in [0.3, 0.4) is 0 Å². The van der Waals surface area contributed by atoms with Crippen molar-refractivity contribution in [2.24, 2.45) is 5.92 Å². The summed E-state index contributed by atoms with van der Waals surface area (Å²) in [6.45, 7) is 3.32. The molecule has 2 aliphatic rings. The van der Waals surface area contributed by atoms with Gasteiger partial charge in [-0.05, 0) is 36.0 Å². The van der Waals surface area contributed by atoms with Gasteiger partial charge in [0.25, 0.3) is 5.91 Å². The molecule has 1 N–H and O–H groups in total. The van der Waals surface area contributed by atoms with Crippen LogP contribution in [0.2, 0.25) is 0 Å². The van der Waals surface area contributed by atoms with Crippen molar-refractivity contribution in [3.05, 3.63) is 41.6 Å². The molecule has 1 aromatic rings. The van der Waals surface area contributed by atoms with Crippen molar-refractivity contribution in [2.45, 2.75) is 58.0 Å². The molecule has 3 rings (SSSR count). The quantitative estimate of drug-likeness (QED) is 0.791. The minimum absolute atomic E-state index is 0.00798. The zero-order chi connectivity index (χ0) is 20.1. The molecular formula is C22H28N2O4. The molecule has 1 saturated carbocycles. The summed E-state index contributed by atoms with van der Waals surface area (Å²) < 4.78 is 5.21. The summed E-state index contributed by atoms with van der Waals surface area (Å²) in [6.07, 6.45) is 7.96. The van der Waals surface area contributed by atoms with Gasteiger partial charge in [-0.1, -0.05) is 44.0 Å². The Labute approximate surface area is 165 Å². The highest BCUT2D eigenvalue weighted by Gasteiger charge is 2.29.